The first kappa shape index (κ1) is 20.6. The van der Waals surface area contributed by atoms with Crippen LogP contribution in [0, 0.1) is 16.7 Å². The van der Waals surface area contributed by atoms with Gasteiger partial charge in [-0.2, -0.15) is 5.26 Å². The van der Waals surface area contributed by atoms with E-state index in [4.69, 9.17) is 0 Å². The number of likely N-dealkylation sites (tertiary alicyclic amines) is 1. The predicted octanol–water partition coefficient (Wildman–Crippen LogP) is 2.18. The first-order valence-electron chi connectivity index (χ1n) is 9.90. The van der Waals surface area contributed by atoms with Crippen molar-refractivity contribution in [2.24, 2.45) is 5.41 Å². The van der Waals surface area contributed by atoms with Crippen LogP contribution in [0.3, 0.4) is 0 Å². The zero-order chi connectivity index (χ0) is 21.2. The fraction of sp³-hybridized carbons (Fsp3) is 0.524. The van der Waals surface area contributed by atoms with E-state index in [-0.39, 0.29) is 18.1 Å². The third-order valence-electron chi connectivity index (χ3n) is 5.53. The van der Waals surface area contributed by atoms with E-state index in [0.29, 0.717) is 11.4 Å². The molecule has 0 radical (unpaired) electrons. The maximum Gasteiger partial charge on any atom is 0.272 e. The molecule has 0 unspecified atom stereocenters. The largest absolute Gasteiger partial charge is 0.373 e. The van der Waals surface area contributed by atoms with Crippen LogP contribution < -0.4 is 10.2 Å². The van der Waals surface area contributed by atoms with Crippen LogP contribution in [0.15, 0.2) is 29.7 Å². The highest BCUT2D eigenvalue weighted by Crippen LogP contribution is 2.37. The summed E-state index contributed by atoms with van der Waals surface area (Å²) in [7, 11) is 3.39. The lowest BCUT2D eigenvalue weighted by Gasteiger charge is -2.40. The number of nitriles is 1. The van der Waals surface area contributed by atoms with Crippen molar-refractivity contribution in [2.45, 2.75) is 33.1 Å². The Morgan fingerprint density at radius 3 is 2.55 bits per heavy atom. The number of piperidine rings is 1. The molecule has 0 saturated carbocycles. The number of fused-ring (bicyclic) bond motifs is 1. The summed E-state index contributed by atoms with van der Waals surface area (Å²) >= 11 is 0. The number of hydrogen-bond donors (Lipinski definition) is 1. The minimum Gasteiger partial charge on any atom is -0.373 e. The number of nitrogens with zero attached hydrogens (tertiary/aromatic N) is 5. The molecule has 29 heavy (non-hydrogen) atoms. The Bertz CT molecular complexity index is 877. The highest BCUT2D eigenvalue weighted by atomic mass is 16.2. The van der Waals surface area contributed by atoms with Crippen molar-refractivity contribution in [1.29, 1.82) is 5.26 Å². The Morgan fingerprint density at radius 1 is 1.24 bits per heavy atom. The summed E-state index contributed by atoms with van der Waals surface area (Å²) in [5, 5.41) is 13.2. The second-order valence-electron chi connectivity index (χ2n) is 8.17. The van der Waals surface area contributed by atoms with Crippen LogP contribution in [0.2, 0.25) is 0 Å². The van der Waals surface area contributed by atoms with Crippen molar-refractivity contribution in [3.63, 3.8) is 0 Å². The van der Waals surface area contributed by atoms with Gasteiger partial charge in [-0.1, -0.05) is 0 Å². The zero-order valence-corrected chi connectivity index (χ0v) is 17.5. The molecular weight excluding hydrogens is 368 g/mol. The van der Waals surface area contributed by atoms with Gasteiger partial charge in [0.05, 0.1) is 35.4 Å². The standard InChI is InChI=1S/C21H28N6O2/c1-21(2,20(29)25(3)4)18(26-10-6-5-7-11-26)15(12-22)19(28)27-14-24-16-13-23-9-8-17(16)27/h8-9,13,24H,5-7,10-11,14H2,1-4H3. The number of rotatable bonds is 4. The van der Waals surface area contributed by atoms with Crippen molar-refractivity contribution in [2.75, 3.05) is 44.1 Å². The molecule has 0 aliphatic carbocycles. The lowest BCUT2D eigenvalue weighted by molar-refractivity contribution is -0.136. The average Bonchev–Trinajstić information content (AvgIpc) is 3.15. The Balaban J connectivity index is 2.11. The molecule has 8 nitrogen and oxygen atoms in total. The molecule has 0 atom stereocenters. The molecule has 1 N–H and O–H groups in total. The number of nitrogens with one attached hydrogen (secondary N) is 1. The second kappa shape index (κ2) is 8.11. The second-order valence-corrected chi connectivity index (χ2v) is 8.17. The Labute approximate surface area is 171 Å². The van der Waals surface area contributed by atoms with E-state index < -0.39 is 11.3 Å². The van der Waals surface area contributed by atoms with Crippen LogP contribution in [0.5, 0.6) is 0 Å². The molecule has 1 fully saturated rings. The maximum absolute atomic E-state index is 13.5. The normalized spacial score (nSPS) is 17.1. The van der Waals surface area contributed by atoms with E-state index in [1.807, 2.05) is 0 Å². The van der Waals surface area contributed by atoms with Crippen LogP contribution >= 0.6 is 0 Å². The van der Waals surface area contributed by atoms with Crippen molar-refractivity contribution < 1.29 is 9.59 Å². The van der Waals surface area contributed by atoms with Crippen LogP contribution in [0.25, 0.3) is 0 Å². The molecule has 1 aromatic heterocycles. The predicted molar refractivity (Wildman–Crippen MR) is 111 cm³/mol. The lowest BCUT2D eigenvalue weighted by Crippen LogP contribution is -2.46. The minimum absolute atomic E-state index is 0.0264. The molecule has 1 aromatic rings. The molecule has 2 aliphatic heterocycles. The van der Waals surface area contributed by atoms with Crippen molar-refractivity contribution in [1.82, 2.24) is 14.8 Å². The molecule has 3 heterocycles. The summed E-state index contributed by atoms with van der Waals surface area (Å²) in [6, 6.07) is 3.89. The minimum atomic E-state index is -1.00. The van der Waals surface area contributed by atoms with E-state index >= 15 is 0 Å². The van der Waals surface area contributed by atoms with E-state index in [9.17, 15) is 14.9 Å². The molecule has 3 rings (SSSR count). The average molecular weight is 396 g/mol. The van der Waals surface area contributed by atoms with Crippen molar-refractivity contribution >= 4 is 23.2 Å². The first-order valence-corrected chi connectivity index (χ1v) is 9.90. The zero-order valence-electron chi connectivity index (χ0n) is 17.5. The number of pyridine rings is 1. The number of anilines is 2. The Morgan fingerprint density at radius 2 is 1.93 bits per heavy atom. The van der Waals surface area contributed by atoms with Gasteiger partial charge in [-0.25, -0.2) is 0 Å². The lowest BCUT2D eigenvalue weighted by atomic mass is 9.82. The molecule has 1 saturated heterocycles. The summed E-state index contributed by atoms with van der Waals surface area (Å²) < 4.78 is 0. The Hall–Kier alpha value is -3.08. The smallest absolute Gasteiger partial charge is 0.272 e. The van der Waals surface area contributed by atoms with Gasteiger partial charge in [0.15, 0.2) is 0 Å². The van der Waals surface area contributed by atoms with Gasteiger partial charge in [0.1, 0.15) is 11.6 Å². The molecule has 0 spiro atoms. The van der Waals surface area contributed by atoms with Crippen LogP contribution in [-0.4, -0.2) is 60.5 Å². The van der Waals surface area contributed by atoms with Crippen LogP contribution in [0.1, 0.15) is 33.1 Å². The summed E-state index contributed by atoms with van der Waals surface area (Å²) in [6.45, 7) is 5.32. The SMILES string of the molecule is CN(C)C(=O)C(C)(C)C(=C(C#N)C(=O)N1CNc2cnccc21)N1CCCCC1. The van der Waals surface area contributed by atoms with Crippen molar-refractivity contribution in [3.8, 4) is 6.07 Å². The van der Waals surface area contributed by atoms with Crippen LogP contribution in [-0.2, 0) is 9.59 Å². The van der Waals surface area contributed by atoms with Gasteiger partial charge >= 0.3 is 0 Å². The fourth-order valence-corrected chi connectivity index (χ4v) is 4.17. The van der Waals surface area contributed by atoms with Gasteiger partial charge < -0.3 is 15.1 Å². The number of carbonyl (C=O) groups excluding carboxylic acids is 2. The number of hydrogen-bond acceptors (Lipinski definition) is 6. The number of aromatic nitrogens is 1. The summed E-state index contributed by atoms with van der Waals surface area (Å²) in [5.74, 6) is -0.534. The molecule has 8 heteroatoms. The highest BCUT2D eigenvalue weighted by Gasteiger charge is 2.42. The highest BCUT2D eigenvalue weighted by molar-refractivity contribution is 6.12. The number of amides is 2. The molecule has 2 aliphatic rings. The molecular formula is C21H28N6O2. The van der Waals surface area contributed by atoms with Gasteiger partial charge in [-0.3, -0.25) is 19.5 Å². The fourth-order valence-electron chi connectivity index (χ4n) is 4.17. The van der Waals surface area contributed by atoms with Crippen molar-refractivity contribution in [3.05, 3.63) is 29.7 Å². The Kier molecular flexibility index (Phi) is 5.78. The van der Waals surface area contributed by atoms with E-state index in [1.165, 1.54) is 9.80 Å². The molecule has 154 valence electrons. The quantitative estimate of drug-likeness (QED) is 0.619. The number of carbonyl (C=O) groups is 2. The van der Waals surface area contributed by atoms with Gasteiger partial charge in [-0.15, -0.1) is 0 Å². The third kappa shape index (κ3) is 3.77. The molecule has 2 amide bonds. The maximum atomic E-state index is 13.5. The van der Waals surface area contributed by atoms with E-state index in [2.05, 4.69) is 21.3 Å². The van der Waals surface area contributed by atoms with Gasteiger partial charge in [-0.05, 0) is 39.2 Å². The summed E-state index contributed by atoms with van der Waals surface area (Å²) in [5.41, 5.74) is 0.980. The summed E-state index contributed by atoms with van der Waals surface area (Å²) in [6.07, 6.45) is 6.33. The summed E-state index contributed by atoms with van der Waals surface area (Å²) in [4.78, 5) is 35.7. The topological polar surface area (TPSA) is 92.6 Å². The van der Waals surface area contributed by atoms with Gasteiger partial charge in [0, 0.05) is 33.4 Å². The monoisotopic (exact) mass is 396 g/mol. The van der Waals surface area contributed by atoms with Crippen LogP contribution in [0.4, 0.5) is 11.4 Å². The van der Waals surface area contributed by atoms with E-state index in [1.54, 1.807) is 46.4 Å². The van der Waals surface area contributed by atoms with Gasteiger partial charge in [0.2, 0.25) is 5.91 Å². The first-order chi connectivity index (χ1) is 13.8. The van der Waals surface area contributed by atoms with Gasteiger partial charge in [0.25, 0.3) is 5.91 Å². The molecule has 0 aromatic carbocycles. The molecule has 0 bridgehead atoms. The third-order valence-corrected chi connectivity index (χ3v) is 5.53. The van der Waals surface area contributed by atoms with E-state index in [0.717, 1.165) is 38.0 Å².